The van der Waals surface area contributed by atoms with E-state index in [9.17, 15) is 4.39 Å². The molecule has 1 aromatic carbocycles. The van der Waals surface area contributed by atoms with E-state index in [0.717, 1.165) is 11.1 Å². The quantitative estimate of drug-likeness (QED) is 0.633. The minimum atomic E-state index is -0.230. The van der Waals surface area contributed by atoms with Crippen LogP contribution in [-0.2, 0) is 11.3 Å². The van der Waals surface area contributed by atoms with Gasteiger partial charge < -0.3 is 10.5 Å². The molecule has 12 heavy (non-hydrogen) atoms. The van der Waals surface area contributed by atoms with E-state index in [0.29, 0.717) is 13.2 Å². The monoisotopic (exact) mass is 167 g/mol. The van der Waals surface area contributed by atoms with Crippen molar-refractivity contribution in [1.29, 1.82) is 0 Å². The van der Waals surface area contributed by atoms with E-state index in [4.69, 9.17) is 10.5 Å². The summed E-state index contributed by atoms with van der Waals surface area (Å²) < 4.78 is 18.0. The third-order valence-corrected chi connectivity index (χ3v) is 2.06. The second-order valence-corrected chi connectivity index (χ2v) is 2.96. The molecule has 1 atom stereocenters. The summed E-state index contributed by atoms with van der Waals surface area (Å²) >= 11 is 0. The summed E-state index contributed by atoms with van der Waals surface area (Å²) in [4.78, 5) is 0. The Balaban J connectivity index is 2.47. The van der Waals surface area contributed by atoms with Crippen LogP contribution in [0, 0.1) is 5.82 Å². The lowest BCUT2D eigenvalue weighted by Crippen LogP contribution is -2.23. The fraction of sp³-hybridized carbons (Fsp3) is 0.333. The van der Waals surface area contributed by atoms with E-state index >= 15 is 0 Å². The van der Waals surface area contributed by atoms with Crippen molar-refractivity contribution in [2.24, 2.45) is 5.73 Å². The van der Waals surface area contributed by atoms with Crippen molar-refractivity contribution in [1.82, 2.24) is 0 Å². The van der Waals surface area contributed by atoms with Crippen LogP contribution >= 0.6 is 0 Å². The molecule has 64 valence electrons. The van der Waals surface area contributed by atoms with Gasteiger partial charge in [-0.25, -0.2) is 4.39 Å². The van der Waals surface area contributed by atoms with Crippen molar-refractivity contribution in [3.8, 4) is 0 Å². The molecule has 1 aliphatic rings. The van der Waals surface area contributed by atoms with Gasteiger partial charge in [-0.2, -0.15) is 0 Å². The van der Waals surface area contributed by atoms with Gasteiger partial charge in [-0.05, 0) is 23.3 Å². The molecule has 0 saturated carbocycles. The van der Waals surface area contributed by atoms with E-state index in [1.807, 2.05) is 0 Å². The minimum Gasteiger partial charge on any atom is -0.375 e. The fourth-order valence-corrected chi connectivity index (χ4v) is 1.43. The standard InChI is InChI=1S/C9H10FNO/c10-7-2-1-6-4-12-5-9(11)8(6)3-7/h1-3,9H,4-5,11H2/t9-/m1/s1. The van der Waals surface area contributed by atoms with Gasteiger partial charge >= 0.3 is 0 Å². The van der Waals surface area contributed by atoms with Crippen LogP contribution in [0.3, 0.4) is 0 Å². The van der Waals surface area contributed by atoms with Crippen LogP contribution in [0.1, 0.15) is 17.2 Å². The van der Waals surface area contributed by atoms with E-state index in [1.165, 1.54) is 12.1 Å². The third-order valence-electron chi connectivity index (χ3n) is 2.06. The Morgan fingerprint density at radius 1 is 1.50 bits per heavy atom. The molecule has 3 heteroatoms. The molecule has 0 fully saturated rings. The molecule has 0 amide bonds. The first-order valence-corrected chi connectivity index (χ1v) is 3.89. The number of benzene rings is 1. The predicted octanol–water partition coefficient (Wildman–Crippen LogP) is 1.36. The molecule has 2 rings (SSSR count). The highest BCUT2D eigenvalue weighted by atomic mass is 19.1. The van der Waals surface area contributed by atoms with Crippen molar-refractivity contribution < 1.29 is 9.13 Å². The summed E-state index contributed by atoms with van der Waals surface area (Å²) in [6.45, 7) is 1.03. The van der Waals surface area contributed by atoms with Crippen LogP contribution in [-0.4, -0.2) is 6.61 Å². The largest absolute Gasteiger partial charge is 0.375 e. The number of fused-ring (bicyclic) bond motifs is 1. The average Bonchev–Trinajstić information content (AvgIpc) is 2.07. The number of hydrogen-bond acceptors (Lipinski definition) is 2. The molecule has 0 unspecified atom stereocenters. The lowest BCUT2D eigenvalue weighted by molar-refractivity contribution is 0.0922. The number of halogens is 1. The van der Waals surface area contributed by atoms with E-state index < -0.39 is 0 Å². The Kier molecular flexibility index (Phi) is 1.83. The molecule has 0 saturated heterocycles. The SMILES string of the molecule is N[C@@H]1COCc2ccc(F)cc21. The first kappa shape index (κ1) is 7.71. The van der Waals surface area contributed by atoms with Gasteiger partial charge in [0.2, 0.25) is 0 Å². The van der Waals surface area contributed by atoms with Crippen LogP contribution in [0.4, 0.5) is 4.39 Å². The summed E-state index contributed by atoms with van der Waals surface area (Å²) in [5.41, 5.74) is 7.60. The van der Waals surface area contributed by atoms with Gasteiger partial charge in [-0.1, -0.05) is 6.07 Å². The highest BCUT2D eigenvalue weighted by Gasteiger charge is 2.17. The maximum Gasteiger partial charge on any atom is 0.123 e. The molecule has 2 N–H and O–H groups in total. The summed E-state index contributed by atoms with van der Waals surface area (Å²) in [5.74, 6) is -0.230. The van der Waals surface area contributed by atoms with Crippen LogP contribution in [0.15, 0.2) is 18.2 Å². The molecule has 1 aromatic rings. The Labute approximate surface area is 70.1 Å². The van der Waals surface area contributed by atoms with Crippen LogP contribution in [0.2, 0.25) is 0 Å². The second-order valence-electron chi connectivity index (χ2n) is 2.96. The maximum absolute atomic E-state index is 12.8. The topological polar surface area (TPSA) is 35.2 Å². The molecule has 0 aromatic heterocycles. The van der Waals surface area contributed by atoms with Crippen molar-refractivity contribution in [3.05, 3.63) is 35.1 Å². The minimum absolute atomic E-state index is 0.176. The zero-order valence-corrected chi connectivity index (χ0v) is 6.59. The zero-order valence-electron chi connectivity index (χ0n) is 6.59. The zero-order chi connectivity index (χ0) is 8.55. The van der Waals surface area contributed by atoms with Crippen molar-refractivity contribution in [2.45, 2.75) is 12.6 Å². The average molecular weight is 167 g/mol. The first-order valence-electron chi connectivity index (χ1n) is 3.89. The van der Waals surface area contributed by atoms with E-state index in [2.05, 4.69) is 0 Å². The van der Waals surface area contributed by atoms with Crippen LogP contribution in [0.5, 0.6) is 0 Å². The van der Waals surface area contributed by atoms with Gasteiger partial charge in [0.25, 0.3) is 0 Å². The Morgan fingerprint density at radius 2 is 2.33 bits per heavy atom. The normalized spacial score (nSPS) is 22.0. The van der Waals surface area contributed by atoms with E-state index in [-0.39, 0.29) is 11.9 Å². The van der Waals surface area contributed by atoms with Gasteiger partial charge in [0.1, 0.15) is 5.82 Å². The Morgan fingerprint density at radius 3 is 3.17 bits per heavy atom. The summed E-state index contributed by atoms with van der Waals surface area (Å²) in [6, 6.07) is 4.47. The van der Waals surface area contributed by atoms with Crippen molar-refractivity contribution >= 4 is 0 Å². The highest BCUT2D eigenvalue weighted by Crippen LogP contribution is 2.23. The summed E-state index contributed by atoms with van der Waals surface area (Å²) in [6.07, 6.45) is 0. The molecule has 1 aliphatic heterocycles. The summed E-state index contributed by atoms with van der Waals surface area (Å²) in [5, 5.41) is 0. The maximum atomic E-state index is 12.8. The number of hydrogen-bond donors (Lipinski definition) is 1. The van der Waals surface area contributed by atoms with Crippen molar-refractivity contribution in [3.63, 3.8) is 0 Å². The fourth-order valence-electron chi connectivity index (χ4n) is 1.43. The molecule has 0 aliphatic carbocycles. The lowest BCUT2D eigenvalue weighted by Gasteiger charge is -2.22. The highest BCUT2D eigenvalue weighted by molar-refractivity contribution is 5.31. The van der Waals surface area contributed by atoms with Crippen LogP contribution in [0.25, 0.3) is 0 Å². The molecule has 0 bridgehead atoms. The van der Waals surface area contributed by atoms with Gasteiger partial charge in [0, 0.05) is 0 Å². The Hall–Kier alpha value is -0.930. The molecule has 1 heterocycles. The molecule has 0 radical (unpaired) electrons. The van der Waals surface area contributed by atoms with Gasteiger partial charge in [0.15, 0.2) is 0 Å². The number of rotatable bonds is 0. The smallest absolute Gasteiger partial charge is 0.123 e. The van der Waals surface area contributed by atoms with Gasteiger partial charge in [0.05, 0.1) is 19.3 Å². The predicted molar refractivity (Wildman–Crippen MR) is 43.0 cm³/mol. The number of nitrogens with two attached hydrogens (primary N) is 1. The van der Waals surface area contributed by atoms with E-state index in [1.54, 1.807) is 6.07 Å². The summed E-state index contributed by atoms with van der Waals surface area (Å²) in [7, 11) is 0. The molecular weight excluding hydrogens is 157 g/mol. The Bertz CT molecular complexity index is 301. The third kappa shape index (κ3) is 1.21. The molecule has 0 spiro atoms. The van der Waals surface area contributed by atoms with Gasteiger partial charge in [-0.15, -0.1) is 0 Å². The van der Waals surface area contributed by atoms with Crippen molar-refractivity contribution in [2.75, 3.05) is 6.61 Å². The van der Waals surface area contributed by atoms with Gasteiger partial charge in [-0.3, -0.25) is 0 Å². The second kappa shape index (κ2) is 2.84. The number of ether oxygens (including phenoxy) is 1. The van der Waals surface area contributed by atoms with Crippen LogP contribution < -0.4 is 5.73 Å². The first-order chi connectivity index (χ1) is 5.77. The lowest BCUT2D eigenvalue weighted by atomic mass is 10.00. The molecule has 2 nitrogen and oxygen atoms in total. The molecular formula is C9H10FNO.